The second-order valence-corrected chi connectivity index (χ2v) is 6.16. The molecule has 25 heavy (non-hydrogen) atoms. The molecule has 1 N–H and O–H groups in total. The summed E-state index contributed by atoms with van der Waals surface area (Å²) in [5, 5.41) is 4.13. The lowest BCUT2D eigenvalue weighted by molar-refractivity contribution is 0.0941. The minimum absolute atomic E-state index is 0.170. The third-order valence-corrected chi connectivity index (χ3v) is 4.27. The van der Waals surface area contributed by atoms with E-state index in [9.17, 15) is 9.59 Å². The molecule has 1 aromatic heterocycles. The van der Waals surface area contributed by atoms with Gasteiger partial charge in [0, 0.05) is 29.2 Å². The Hall–Kier alpha value is -2.79. The van der Waals surface area contributed by atoms with Crippen molar-refractivity contribution < 1.29 is 14.3 Å². The smallest absolute Gasteiger partial charge is 0.257 e. The predicted octanol–water partition coefficient (Wildman–Crippen LogP) is 4.52. The number of nitrogens with zero attached hydrogens (tertiary/aromatic N) is 1. The molecule has 0 saturated heterocycles. The van der Waals surface area contributed by atoms with Crippen molar-refractivity contribution in [3.63, 3.8) is 0 Å². The summed E-state index contributed by atoms with van der Waals surface area (Å²) in [4.78, 5) is 24.7. The number of carbonyl (C=O) groups excluding carboxylic acids is 2. The Bertz CT molecular complexity index is 992. The Kier molecular flexibility index (Phi) is 4.51. The van der Waals surface area contributed by atoms with Gasteiger partial charge in [0.15, 0.2) is 0 Å². The number of carbonyl (C=O) groups is 2. The van der Waals surface area contributed by atoms with E-state index in [1.165, 1.54) is 11.5 Å². The molecule has 0 spiro atoms. The fourth-order valence-electron chi connectivity index (χ4n) is 2.73. The molecule has 6 heteroatoms. The maximum atomic E-state index is 12.8. The maximum absolute atomic E-state index is 12.8. The third kappa shape index (κ3) is 3.23. The summed E-state index contributed by atoms with van der Waals surface area (Å²) in [6.45, 7) is 3.32. The van der Waals surface area contributed by atoms with E-state index in [1.54, 1.807) is 49.7 Å². The first-order valence-electron chi connectivity index (χ1n) is 7.68. The van der Waals surface area contributed by atoms with Gasteiger partial charge >= 0.3 is 0 Å². The van der Waals surface area contributed by atoms with Gasteiger partial charge in [0.1, 0.15) is 5.75 Å². The van der Waals surface area contributed by atoms with Gasteiger partial charge in [-0.15, -0.1) is 0 Å². The number of nitrogens with one attached hydrogen (secondary N) is 1. The van der Waals surface area contributed by atoms with Crippen molar-refractivity contribution in [2.24, 2.45) is 0 Å². The maximum Gasteiger partial charge on any atom is 0.257 e. The summed E-state index contributed by atoms with van der Waals surface area (Å²) in [5.74, 6) is 0.145. The molecule has 0 aliphatic heterocycles. The number of aromatic nitrogens is 1. The first-order chi connectivity index (χ1) is 11.9. The van der Waals surface area contributed by atoms with Gasteiger partial charge in [-0.05, 0) is 48.9 Å². The fourth-order valence-corrected chi connectivity index (χ4v) is 2.96. The fraction of sp³-hybridized carbons (Fsp3) is 0.158. The lowest BCUT2D eigenvalue weighted by Gasteiger charge is -2.08. The molecular weight excluding hydrogens is 340 g/mol. The second kappa shape index (κ2) is 6.61. The van der Waals surface area contributed by atoms with E-state index in [0.717, 1.165) is 5.56 Å². The molecule has 128 valence electrons. The number of rotatable bonds is 3. The Morgan fingerprint density at radius 2 is 1.92 bits per heavy atom. The van der Waals surface area contributed by atoms with Crippen LogP contribution in [0.25, 0.3) is 10.9 Å². The zero-order valence-corrected chi connectivity index (χ0v) is 14.8. The van der Waals surface area contributed by atoms with Crippen LogP contribution in [0.4, 0.5) is 5.69 Å². The molecular formula is C19H17ClN2O3. The van der Waals surface area contributed by atoms with E-state index in [2.05, 4.69) is 5.32 Å². The number of halogens is 1. The van der Waals surface area contributed by atoms with Gasteiger partial charge in [-0.25, -0.2) is 0 Å². The van der Waals surface area contributed by atoms with Gasteiger partial charge in [0.25, 0.3) is 5.91 Å². The average molecular weight is 357 g/mol. The van der Waals surface area contributed by atoms with Crippen LogP contribution < -0.4 is 10.1 Å². The molecule has 1 amide bonds. The van der Waals surface area contributed by atoms with Crippen LogP contribution in [0.1, 0.15) is 27.6 Å². The molecule has 0 radical (unpaired) electrons. The van der Waals surface area contributed by atoms with Crippen LogP contribution >= 0.6 is 11.6 Å². The van der Waals surface area contributed by atoms with Crippen LogP contribution in [0, 0.1) is 6.92 Å². The van der Waals surface area contributed by atoms with Gasteiger partial charge in [-0.1, -0.05) is 11.6 Å². The van der Waals surface area contributed by atoms with Gasteiger partial charge in [-0.2, -0.15) is 0 Å². The summed E-state index contributed by atoms with van der Waals surface area (Å²) in [5.41, 5.74) is 2.58. The van der Waals surface area contributed by atoms with E-state index >= 15 is 0 Å². The van der Waals surface area contributed by atoms with E-state index in [0.29, 0.717) is 32.9 Å². The summed E-state index contributed by atoms with van der Waals surface area (Å²) in [6, 6.07) is 10.5. The van der Waals surface area contributed by atoms with Crippen molar-refractivity contribution in [2.75, 3.05) is 12.4 Å². The lowest BCUT2D eigenvalue weighted by Crippen LogP contribution is -2.12. The number of aryl methyl sites for hydroxylation is 1. The van der Waals surface area contributed by atoms with Crippen LogP contribution in [0.5, 0.6) is 5.75 Å². The van der Waals surface area contributed by atoms with E-state index in [1.807, 2.05) is 6.92 Å². The van der Waals surface area contributed by atoms with E-state index in [4.69, 9.17) is 16.3 Å². The van der Waals surface area contributed by atoms with Gasteiger partial charge in [-0.3, -0.25) is 14.2 Å². The molecule has 5 nitrogen and oxygen atoms in total. The number of benzene rings is 2. The molecule has 0 bridgehead atoms. The Labute approximate surface area is 150 Å². The zero-order valence-electron chi connectivity index (χ0n) is 14.1. The van der Waals surface area contributed by atoms with Crippen molar-refractivity contribution in [3.05, 3.63) is 58.7 Å². The monoisotopic (exact) mass is 356 g/mol. The zero-order chi connectivity index (χ0) is 18.1. The highest BCUT2D eigenvalue weighted by atomic mass is 35.5. The van der Waals surface area contributed by atoms with Crippen molar-refractivity contribution in [1.29, 1.82) is 0 Å². The molecule has 3 aromatic rings. The highest BCUT2D eigenvalue weighted by Gasteiger charge is 2.18. The first-order valence-corrected chi connectivity index (χ1v) is 8.06. The quantitative estimate of drug-likeness (QED) is 0.750. The summed E-state index contributed by atoms with van der Waals surface area (Å²) in [7, 11) is 1.56. The largest absolute Gasteiger partial charge is 0.497 e. The van der Waals surface area contributed by atoms with E-state index < -0.39 is 0 Å². The number of fused-ring (bicyclic) bond motifs is 1. The van der Waals surface area contributed by atoms with Crippen LogP contribution in [-0.2, 0) is 0 Å². The van der Waals surface area contributed by atoms with Crippen molar-refractivity contribution in [1.82, 2.24) is 4.57 Å². The van der Waals surface area contributed by atoms with Crippen molar-refractivity contribution >= 4 is 40.0 Å². The van der Waals surface area contributed by atoms with Crippen LogP contribution in [0.15, 0.2) is 42.6 Å². The van der Waals surface area contributed by atoms with Gasteiger partial charge in [0.05, 0.1) is 18.2 Å². The molecule has 0 aliphatic carbocycles. The molecule has 3 rings (SSSR count). The second-order valence-electron chi connectivity index (χ2n) is 5.73. The van der Waals surface area contributed by atoms with Crippen molar-refractivity contribution in [3.8, 4) is 5.75 Å². The summed E-state index contributed by atoms with van der Waals surface area (Å²) in [6.07, 6.45) is 1.55. The number of methoxy groups -OCH3 is 1. The number of hydrogen-bond donors (Lipinski definition) is 1. The molecule has 0 fully saturated rings. The number of hydrogen-bond acceptors (Lipinski definition) is 3. The van der Waals surface area contributed by atoms with Gasteiger partial charge < -0.3 is 10.1 Å². The predicted molar refractivity (Wildman–Crippen MR) is 98.9 cm³/mol. The molecule has 0 atom stereocenters. The Morgan fingerprint density at radius 3 is 2.56 bits per heavy atom. The summed E-state index contributed by atoms with van der Waals surface area (Å²) < 4.78 is 6.69. The number of amides is 1. The number of ether oxygens (including phenoxy) is 1. The minimum atomic E-state index is -0.302. The van der Waals surface area contributed by atoms with Crippen LogP contribution in [-0.4, -0.2) is 23.5 Å². The lowest BCUT2D eigenvalue weighted by atomic mass is 10.1. The normalized spacial score (nSPS) is 10.7. The topological polar surface area (TPSA) is 60.3 Å². The SMILES string of the molecule is COc1ccc2c(c1)c(C(=O)Nc1ccc(Cl)cc1C)cn2C(C)=O. The highest BCUT2D eigenvalue weighted by Crippen LogP contribution is 2.27. The molecule has 2 aromatic carbocycles. The Balaban J connectivity index is 2.07. The van der Waals surface area contributed by atoms with Crippen LogP contribution in [0.3, 0.4) is 0 Å². The minimum Gasteiger partial charge on any atom is -0.497 e. The molecule has 1 heterocycles. The molecule has 0 aliphatic rings. The van der Waals surface area contributed by atoms with E-state index in [-0.39, 0.29) is 11.8 Å². The first kappa shape index (κ1) is 17.0. The van der Waals surface area contributed by atoms with Gasteiger partial charge in [0.2, 0.25) is 5.91 Å². The Morgan fingerprint density at radius 1 is 1.16 bits per heavy atom. The standard InChI is InChI=1S/C19H17ClN2O3/c1-11-8-13(20)4-6-17(11)21-19(24)16-10-22(12(2)23)18-7-5-14(25-3)9-15(16)18/h4-10H,1-3H3,(H,21,24). The molecule has 0 saturated carbocycles. The average Bonchev–Trinajstić information content (AvgIpc) is 2.96. The van der Waals surface area contributed by atoms with Crippen molar-refractivity contribution in [2.45, 2.75) is 13.8 Å². The highest BCUT2D eigenvalue weighted by molar-refractivity contribution is 6.30. The number of anilines is 1. The third-order valence-electron chi connectivity index (χ3n) is 4.03. The molecule has 0 unspecified atom stereocenters. The summed E-state index contributed by atoms with van der Waals surface area (Å²) >= 11 is 5.95. The van der Waals surface area contributed by atoms with Crippen LogP contribution in [0.2, 0.25) is 5.02 Å².